The summed E-state index contributed by atoms with van der Waals surface area (Å²) in [5.74, 6) is 1.78. The molecule has 1 unspecified atom stereocenters. The van der Waals surface area contributed by atoms with Gasteiger partial charge in [-0.15, -0.1) is 12.4 Å². The number of fused-ring (bicyclic) bond motifs is 1. The molecule has 2 N–H and O–H groups in total. The van der Waals surface area contributed by atoms with Gasteiger partial charge in [-0.3, -0.25) is 0 Å². The molecule has 0 amide bonds. The lowest BCUT2D eigenvalue weighted by Gasteiger charge is -2.20. The molecule has 3 rings (SSSR count). The number of rotatable bonds is 7. The van der Waals surface area contributed by atoms with Crippen LogP contribution >= 0.6 is 12.4 Å². The van der Waals surface area contributed by atoms with Gasteiger partial charge in [0, 0.05) is 12.6 Å². The van der Waals surface area contributed by atoms with Crippen molar-refractivity contribution in [3.8, 4) is 11.5 Å². The summed E-state index contributed by atoms with van der Waals surface area (Å²) >= 11 is 0. The lowest BCUT2D eigenvalue weighted by atomic mass is 10.0. The molecule has 0 aliphatic heterocycles. The first-order chi connectivity index (χ1) is 12.3. The van der Waals surface area contributed by atoms with Crippen molar-refractivity contribution in [2.75, 3.05) is 20.3 Å². The van der Waals surface area contributed by atoms with Crippen LogP contribution in [0.5, 0.6) is 11.5 Å². The molecule has 26 heavy (non-hydrogen) atoms. The van der Waals surface area contributed by atoms with Gasteiger partial charge in [-0.05, 0) is 55.0 Å². The normalized spacial score (nSPS) is 17.4. The molecule has 0 aromatic heterocycles. The highest BCUT2D eigenvalue weighted by Gasteiger charge is 2.19. The lowest BCUT2D eigenvalue weighted by Crippen LogP contribution is -2.39. The van der Waals surface area contributed by atoms with E-state index in [1.807, 2.05) is 36.4 Å². The zero-order valence-electron chi connectivity index (χ0n) is 15.2. The molecule has 2 aromatic carbocycles. The summed E-state index contributed by atoms with van der Waals surface area (Å²) < 4.78 is 11.1. The molecular weight excluding hydrogens is 350 g/mol. The summed E-state index contributed by atoms with van der Waals surface area (Å²) in [6.45, 7) is 0.838. The van der Waals surface area contributed by atoms with Gasteiger partial charge in [0.15, 0.2) is 0 Å². The number of nitrogens with one attached hydrogen (secondary N) is 1. The number of ether oxygens (including phenoxy) is 2. The Kier molecular flexibility index (Phi) is 8.23. The van der Waals surface area contributed by atoms with Gasteiger partial charge >= 0.3 is 0 Å². The Balaban J connectivity index is 0.00000243. The van der Waals surface area contributed by atoms with E-state index in [1.54, 1.807) is 7.11 Å². The minimum absolute atomic E-state index is 0. The van der Waals surface area contributed by atoms with Crippen molar-refractivity contribution in [1.29, 1.82) is 0 Å². The smallest absolute Gasteiger partial charge is 0.122 e. The third-order valence-electron chi connectivity index (χ3n) is 4.72. The fourth-order valence-corrected chi connectivity index (χ4v) is 3.42. The molecule has 0 spiro atoms. The molecule has 2 atom stereocenters. The predicted molar refractivity (Wildman–Crippen MR) is 107 cm³/mol. The first-order valence-corrected chi connectivity index (χ1v) is 9.00. The second kappa shape index (κ2) is 10.4. The molecule has 0 fully saturated rings. The van der Waals surface area contributed by atoms with E-state index in [0.717, 1.165) is 37.2 Å². The molecule has 1 aliphatic rings. The summed E-state index contributed by atoms with van der Waals surface area (Å²) in [5.41, 5.74) is 2.69. The number of benzene rings is 2. The zero-order valence-corrected chi connectivity index (χ0v) is 16.0. The minimum atomic E-state index is -0.520. The Labute approximate surface area is 161 Å². The summed E-state index contributed by atoms with van der Waals surface area (Å²) in [6.07, 6.45) is 3.73. The maximum absolute atomic E-state index is 10.2. The maximum Gasteiger partial charge on any atom is 0.122 e. The van der Waals surface area contributed by atoms with E-state index in [0.29, 0.717) is 19.2 Å². The predicted octanol–water partition coefficient (Wildman–Crippen LogP) is 3.39. The highest BCUT2D eigenvalue weighted by Crippen LogP contribution is 2.28. The summed E-state index contributed by atoms with van der Waals surface area (Å²) in [7, 11) is 1.74. The van der Waals surface area contributed by atoms with Crippen molar-refractivity contribution in [2.24, 2.45) is 0 Å². The van der Waals surface area contributed by atoms with Crippen molar-refractivity contribution >= 4 is 12.4 Å². The quantitative estimate of drug-likeness (QED) is 0.726. The van der Waals surface area contributed by atoms with Crippen molar-refractivity contribution in [2.45, 2.75) is 37.8 Å². The van der Waals surface area contributed by atoms with E-state index in [1.165, 1.54) is 11.1 Å². The number of aliphatic hydroxyl groups is 1. The van der Waals surface area contributed by atoms with Crippen LogP contribution in [0.15, 0.2) is 48.5 Å². The van der Waals surface area contributed by atoms with Crippen LogP contribution in [-0.4, -0.2) is 37.5 Å². The van der Waals surface area contributed by atoms with Gasteiger partial charge in [-0.2, -0.15) is 0 Å². The van der Waals surface area contributed by atoms with Crippen molar-refractivity contribution in [3.05, 3.63) is 59.7 Å². The van der Waals surface area contributed by atoms with Crippen LogP contribution in [0, 0.1) is 0 Å². The summed E-state index contributed by atoms with van der Waals surface area (Å²) in [4.78, 5) is 0. The van der Waals surface area contributed by atoms with Gasteiger partial charge in [-0.1, -0.05) is 30.3 Å². The van der Waals surface area contributed by atoms with E-state index < -0.39 is 6.10 Å². The van der Waals surface area contributed by atoms with E-state index in [4.69, 9.17) is 9.47 Å². The minimum Gasteiger partial charge on any atom is -0.496 e. The number of hydrogen-bond donors (Lipinski definition) is 2. The Morgan fingerprint density at radius 1 is 1.15 bits per heavy atom. The maximum atomic E-state index is 10.2. The Morgan fingerprint density at radius 3 is 2.73 bits per heavy atom. The monoisotopic (exact) mass is 377 g/mol. The summed E-state index contributed by atoms with van der Waals surface area (Å²) in [6, 6.07) is 16.3. The average molecular weight is 378 g/mol. The van der Waals surface area contributed by atoms with E-state index in [2.05, 4.69) is 17.4 Å². The van der Waals surface area contributed by atoms with E-state index >= 15 is 0 Å². The molecule has 0 radical (unpaired) electrons. The topological polar surface area (TPSA) is 50.7 Å². The molecule has 4 nitrogen and oxygen atoms in total. The largest absolute Gasteiger partial charge is 0.496 e. The Morgan fingerprint density at radius 2 is 1.96 bits per heavy atom. The SMILES string of the molecule is COc1cccc2c1CCCC(NC[C@H](O)COc1ccccc1)C2.Cl. The van der Waals surface area contributed by atoms with Gasteiger partial charge in [0.1, 0.15) is 24.2 Å². The molecule has 0 saturated heterocycles. The molecule has 1 aliphatic carbocycles. The van der Waals surface area contributed by atoms with Gasteiger partial charge in [0.05, 0.1) is 7.11 Å². The highest BCUT2D eigenvalue weighted by molar-refractivity contribution is 5.85. The van der Waals surface area contributed by atoms with Crippen LogP contribution in [0.3, 0.4) is 0 Å². The molecule has 5 heteroatoms. The van der Waals surface area contributed by atoms with Gasteiger partial charge in [0.25, 0.3) is 0 Å². The van der Waals surface area contributed by atoms with Crippen molar-refractivity contribution < 1.29 is 14.6 Å². The van der Waals surface area contributed by atoms with Crippen LogP contribution in [0.2, 0.25) is 0 Å². The molecule has 0 saturated carbocycles. The van der Waals surface area contributed by atoms with Crippen LogP contribution in [0.25, 0.3) is 0 Å². The first kappa shape index (κ1) is 20.6. The van der Waals surface area contributed by atoms with Crippen LogP contribution < -0.4 is 14.8 Å². The van der Waals surface area contributed by atoms with Crippen LogP contribution in [-0.2, 0) is 12.8 Å². The molecule has 142 valence electrons. The Hall–Kier alpha value is -1.75. The lowest BCUT2D eigenvalue weighted by molar-refractivity contribution is 0.103. The third-order valence-corrected chi connectivity index (χ3v) is 4.72. The number of para-hydroxylation sites is 1. The molecule has 2 aromatic rings. The fourth-order valence-electron chi connectivity index (χ4n) is 3.42. The second-order valence-corrected chi connectivity index (χ2v) is 6.58. The van der Waals surface area contributed by atoms with Crippen molar-refractivity contribution in [3.63, 3.8) is 0 Å². The van der Waals surface area contributed by atoms with Gasteiger partial charge in [-0.25, -0.2) is 0 Å². The fraction of sp³-hybridized carbons (Fsp3) is 0.429. The highest BCUT2D eigenvalue weighted by atomic mass is 35.5. The van der Waals surface area contributed by atoms with Gasteiger partial charge in [0.2, 0.25) is 0 Å². The van der Waals surface area contributed by atoms with E-state index in [9.17, 15) is 5.11 Å². The average Bonchev–Trinajstić information content (AvgIpc) is 2.87. The van der Waals surface area contributed by atoms with E-state index in [-0.39, 0.29) is 12.4 Å². The number of hydrogen-bond acceptors (Lipinski definition) is 4. The number of methoxy groups -OCH3 is 1. The van der Waals surface area contributed by atoms with Crippen LogP contribution in [0.1, 0.15) is 24.0 Å². The third kappa shape index (κ3) is 5.63. The summed E-state index contributed by atoms with van der Waals surface area (Å²) in [5, 5.41) is 13.7. The first-order valence-electron chi connectivity index (χ1n) is 9.00. The van der Waals surface area contributed by atoms with Gasteiger partial charge < -0.3 is 19.9 Å². The second-order valence-electron chi connectivity index (χ2n) is 6.58. The number of halogens is 1. The Bertz CT molecular complexity index is 666. The zero-order chi connectivity index (χ0) is 17.5. The number of aliphatic hydroxyl groups excluding tert-OH is 1. The van der Waals surface area contributed by atoms with Crippen LogP contribution in [0.4, 0.5) is 0 Å². The standard InChI is InChI=1S/C21H27NO3.ClH/c1-24-21-12-5-7-16-13-17(8-6-11-20(16)21)22-14-18(23)15-25-19-9-3-2-4-10-19;/h2-5,7,9-10,12,17-18,22-23H,6,8,11,13-15H2,1H3;1H/t17?,18-;/m0./s1. The molecule has 0 bridgehead atoms. The molecule has 0 heterocycles. The molecular formula is C21H28ClNO3. The van der Waals surface area contributed by atoms with Crippen molar-refractivity contribution in [1.82, 2.24) is 5.32 Å².